The van der Waals surface area contributed by atoms with Gasteiger partial charge in [0.25, 0.3) is 5.91 Å². The van der Waals surface area contributed by atoms with Crippen LogP contribution in [0.15, 0.2) is 53.9 Å². The summed E-state index contributed by atoms with van der Waals surface area (Å²) >= 11 is 7.34. The Kier molecular flexibility index (Phi) is 5.11. The zero-order valence-electron chi connectivity index (χ0n) is 13.2. The van der Waals surface area contributed by atoms with Gasteiger partial charge in [0, 0.05) is 17.9 Å². The lowest BCUT2D eigenvalue weighted by molar-refractivity contribution is -0.131. The number of carbonyl (C=O) groups excluding carboxylic acids is 2. The van der Waals surface area contributed by atoms with Gasteiger partial charge in [0.05, 0.1) is 16.3 Å². The zero-order valence-corrected chi connectivity index (χ0v) is 14.7. The van der Waals surface area contributed by atoms with Gasteiger partial charge in [-0.1, -0.05) is 48.0 Å². The van der Waals surface area contributed by atoms with E-state index in [0.717, 1.165) is 11.3 Å². The molecule has 0 bridgehead atoms. The second-order valence-corrected chi connectivity index (χ2v) is 6.33. The maximum Gasteiger partial charge on any atom is 0.308 e. The van der Waals surface area contributed by atoms with Gasteiger partial charge in [0.1, 0.15) is 0 Å². The second-order valence-electron chi connectivity index (χ2n) is 5.07. The molecule has 0 atom stereocenters. The molecule has 0 saturated carbocycles. The minimum Gasteiger partial charge on any atom is -0.424 e. The van der Waals surface area contributed by atoms with Crippen LogP contribution in [-0.2, 0) is 4.79 Å². The summed E-state index contributed by atoms with van der Waals surface area (Å²) in [5.74, 6) is -0.968. The average Bonchev–Trinajstić information content (AvgIpc) is 3.05. The molecule has 3 rings (SSSR count). The number of esters is 1. The van der Waals surface area contributed by atoms with Gasteiger partial charge in [-0.3, -0.25) is 14.9 Å². The number of nitrogens with zero attached hydrogens (tertiary/aromatic N) is 1. The van der Waals surface area contributed by atoms with Crippen molar-refractivity contribution in [3.05, 3.63) is 64.5 Å². The number of benzene rings is 2. The third-order valence-corrected chi connectivity index (χ3v) is 4.31. The lowest BCUT2D eigenvalue weighted by Crippen LogP contribution is -2.15. The SMILES string of the molecule is CC(=O)Oc1c(Cl)cccc1C(=O)Nc1nc(-c2ccccc2)cs1. The van der Waals surface area contributed by atoms with E-state index >= 15 is 0 Å². The third-order valence-electron chi connectivity index (χ3n) is 3.25. The fraction of sp³-hybridized carbons (Fsp3) is 0.0556. The van der Waals surface area contributed by atoms with Crippen molar-refractivity contribution >= 4 is 39.9 Å². The summed E-state index contributed by atoms with van der Waals surface area (Å²) < 4.78 is 5.06. The van der Waals surface area contributed by atoms with Crippen molar-refractivity contribution in [3.63, 3.8) is 0 Å². The normalized spacial score (nSPS) is 10.3. The number of aromatic nitrogens is 1. The van der Waals surface area contributed by atoms with E-state index in [2.05, 4.69) is 10.3 Å². The molecule has 1 aromatic heterocycles. The number of rotatable bonds is 4. The molecule has 7 heteroatoms. The average molecular weight is 373 g/mol. The molecule has 0 saturated heterocycles. The topological polar surface area (TPSA) is 68.3 Å². The van der Waals surface area contributed by atoms with E-state index < -0.39 is 11.9 Å². The Morgan fingerprint density at radius 1 is 1.12 bits per heavy atom. The summed E-state index contributed by atoms with van der Waals surface area (Å²) in [4.78, 5) is 28.2. The summed E-state index contributed by atoms with van der Waals surface area (Å²) in [6.45, 7) is 1.25. The number of nitrogens with one attached hydrogen (secondary N) is 1. The number of anilines is 1. The number of para-hydroxylation sites is 1. The number of carbonyl (C=O) groups is 2. The number of ether oxygens (including phenoxy) is 1. The molecule has 0 aliphatic heterocycles. The molecule has 3 aromatic rings. The molecule has 25 heavy (non-hydrogen) atoms. The Bertz CT molecular complexity index is 925. The highest BCUT2D eigenvalue weighted by molar-refractivity contribution is 7.14. The molecule has 0 spiro atoms. The van der Waals surface area contributed by atoms with Crippen LogP contribution in [0.5, 0.6) is 5.75 Å². The highest BCUT2D eigenvalue weighted by Gasteiger charge is 2.18. The molecule has 5 nitrogen and oxygen atoms in total. The van der Waals surface area contributed by atoms with Gasteiger partial charge in [-0.25, -0.2) is 4.98 Å². The standard InChI is InChI=1S/C18H13ClN2O3S/c1-11(22)24-16-13(8-5-9-14(16)19)17(23)21-18-20-15(10-25-18)12-6-3-2-4-7-12/h2-10H,1H3,(H,20,21,23). The van der Waals surface area contributed by atoms with E-state index in [1.807, 2.05) is 35.7 Å². The Balaban J connectivity index is 1.83. The predicted octanol–water partition coefficient (Wildman–Crippen LogP) is 4.64. The fourth-order valence-corrected chi connectivity index (χ4v) is 3.10. The third kappa shape index (κ3) is 4.04. The first-order valence-corrected chi connectivity index (χ1v) is 8.59. The largest absolute Gasteiger partial charge is 0.424 e. The molecule has 1 amide bonds. The second kappa shape index (κ2) is 7.46. The maximum atomic E-state index is 12.5. The van der Waals surface area contributed by atoms with E-state index in [4.69, 9.17) is 16.3 Å². The van der Waals surface area contributed by atoms with Gasteiger partial charge in [-0.2, -0.15) is 0 Å². The summed E-state index contributed by atoms with van der Waals surface area (Å²) in [6, 6.07) is 14.3. The van der Waals surface area contributed by atoms with Crippen LogP contribution in [0.25, 0.3) is 11.3 Å². The minimum atomic E-state index is -0.553. The number of halogens is 1. The Morgan fingerprint density at radius 2 is 1.88 bits per heavy atom. The van der Waals surface area contributed by atoms with Crippen molar-refractivity contribution in [1.29, 1.82) is 0 Å². The van der Waals surface area contributed by atoms with Crippen LogP contribution in [0.4, 0.5) is 5.13 Å². The zero-order chi connectivity index (χ0) is 17.8. The van der Waals surface area contributed by atoms with Crippen molar-refractivity contribution in [3.8, 4) is 17.0 Å². The van der Waals surface area contributed by atoms with Crippen molar-refractivity contribution in [2.75, 3.05) is 5.32 Å². The van der Waals surface area contributed by atoms with E-state index in [0.29, 0.717) is 5.13 Å². The summed E-state index contributed by atoms with van der Waals surface area (Å²) in [5, 5.41) is 5.19. The number of hydrogen-bond donors (Lipinski definition) is 1. The smallest absolute Gasteiger partial charge is 0.308 e. The summed E-state index contributed by atoms with van der Waals surface area (Å²) in [5.41, 5.74) is 1.90. The van der Waals surface area contributed by atoms with E-state index in [-0.39, 0.29) is 16.3 Å². The summed E-state index contributed by atoms with van der Waals surface area (Å²) in [6.07, 6.45) is 0. The van der Waals surface area contributed by atoms with Gasteiger partial charge >= 0.3 is 5.97 Å². The monoisotopic (exact) mass is 372 g/mol. The molecule has 0 radical (unpaired) electrons. The van der Waals surface area contributed by atoms with Crippen molar-refractivity contribution in [2.24, 2.45) is 0 Å². The van der Waals surface area contributed by atoms with Gasteiger partial charge < -0.3 is 4.74 Å². The van der Waals surface area contributed by atoms with Crippen LogP contribution >= 0.6 is 22.9 Å². The molecule has 0 fully saturated rings. The Labute approximate surface area is 153 Å². The van der Waals surface area contributed by atoms with E-state index in [1.165, 1.54) is 24.3 Å². The highest BCUT2D eigenvalue weighted by Crippen LogP contribution is 2.30. The fourth-order valence-electron chi connectivity index (χ4n) is 2.17. The number of hydrogen-bond acceptors (Lipinski definition) is 5. The minimum absolute atomic E-state index is 0.0361. The van der Waals surface area contributed by atoms with Crippen LogP contribution < -0.4 is 10.1 Å². The van der Waals surface area contributed by atoms with Crippen LogP contribution in [-0.4, -0.2) is 16.9 Å². The summed E-state index contributed by atoms with van der Waals surface area (Å²) in [7, 11) is 0. The van der Waals surface area contributed by atoms with Crippen molar-refractivity contribution < 1.29 is 14.3 Å². The molecule has 0 aliphatic carbocycles. The molecular weight excluding hydrogens is 360 g/mol. The molecule has 2 aromatic carbocycles. The van der Waals surface area contributed by atoms with Crippen LogP contribution in [0.1, 0.15) is 17.3 Å². The quantitative estimate of drug-likeness (QED) is 0.535. The predicted molar refractivity (Wildman–Crippen MR) is 98.3 cm³/mol. The molecular formula is C18H13ClN2O3S. The van der Waals surface area contributed by atoms with Crippen LogP contribution in [0.3, 0.4) is 0 Å². The Hall–Kier alpha value is -2.70. The number of amides is 1. The van der Waals surface area contributed by atoms with E-state index in [1.54, 1.807) is 12.1 Å². The first-order chi connectivity index (χ1) is 12.0. The van der Waals surface area contributed by atoms with Gasteiger partial charge in [-0.05, 0) is 12.1 Å². The van der Waals surface area contributed by atoms with E-state index in [9.17, 15) is 9.59 Å². The lowest BCUT2D eigenvalue weighted by Gasteiger charge is -2.09. The first kappa shape index (κ1) is 17.1. The lowest BCUT2D eigenvalue weighted by atomic mass is 10.2. The molecule has 1 N–H and O–H groups in total. The number of thiazole rings is 1. The first-order valence-electron chi connectivity index (χ1n) is 7.34. The molecule has 126 valence electrons. The van der Waals surface area contributed by atoms with Crippen molar-refractivity contribution in [1.82, 2.24) is 4.98 Å². The maximum absolute atomic E-state index is 12.5. The van der Waals surface area contributed by atoms with Gasteiger partial charge in [0.2, 0.25) is 0 Å². The molecule has 0 aliphatic rings. The van der Waals surface area contributed by atoms with Gasteiger partial charge in [-0.15, -0.1) is 11.3 Å². The highest BCUT2D eigenvalue weighted by atomic mass is 35.5. The van der Waals surface area contributed by atoms with Crippen LogP contribution in [0.2, 0.25) is 5.02 Å². The molecule has 1 heterocycles. The molecule has 0 unspecified atom stereocenters. The van der Waals surface area contributed by atoms with Crippen molar-refractivity contribution in [2.45, 2.75) is 6.92 Å². The van der Waals surface area contributed by atoms with Crippen LogP contribution in [0, 0.1) is 0 Å². The van der Waals surface area contributed by atoms with Gasteiger partial charge in [0.15, 0.2) is 10.9 Å². The Morgan fingerprint density at radius 3 is 2.60 bits per heavy atom.